The van der Waals surface area contributed by atoms with Gasteiger partial charge in [0.1, 0.15) is 15.9 Å². The molecule has 0 aliphatic carbocycles. The molecule has 0 N–H and O–H groups in total. The van der Waals surface area contributed by atoms with Crippen molar-refractivity contribution in [2.45, 2.75) is 18.9 Å². The molecule has 0 bridgehead atoms. The van der Waals surface area contributed by atoms with Crippen LogP contribution in [-0.4, -0.2) is 31.3 Å². The Hall–Kier alpha value is -3.50. The van der Waals surface area contributed by atoms with Gasteiger partial charge in [-0.15, -0.1) is 0 Å². The fourth-order valence-corrected chi connectivity index (χ4v) is 4.24. The van der Waals surface area contributed by atoms with Crippen LogP contribution in [0.5, 0.6) is 0 Å². The van der Waals surface area contributed by atoms with Gasteiger partial charge in [0, 0.05) is 42.1 Å². The summed E-state index contributed by atoms with van der Waals surface area (Å²) in [6.07, 6.45) is 0. The van der Waals surface area contributed by atoms with Crippen LogP contribution in [0.3, 0.4) is 0 Å². The van der Waals surface area contributed by atoms with E-state index in [4.69, 9.17) is 11.6 Å². The first-order valence-electron chi connectivity index (χ1n) is 8.98. The molecule has 0 radical (unpaired) electrons. The minimum Gasteiger partial charge on any atom is -0.274 e. The molecule has 11 heteroatoms. The Morgan fingerprint density at radius 1 is 1.00 bits per heavy atom. The molecule has 9 nitrogen and oxygen atoms in total. The maximum Gasteiger partial charge on any atom is 0.269 e. The number of aromatic nitrogens is 2. The predicted octanol–water partition coefficient (Wildman–Crippen LogP) is 4.59. The van der Waals surface area contributed by atoms with Crippen LogP contribution in [0.4, 0.5) is 11.5 Å². The lowest BCUT2D eigenvalue weighted by atomic mass is 10.2. The van der Waals surface area contributed by atoms with Crippen LogP contribution < -0.4 is 5.01 Å². The number of halogens is 1. The zero-order valence-corrected chi connectivity index (χ0v) is 17.8. The van der Waals surface area contributed by atoms with Crippen LogP contribution >= 0.6 is 23.4 Å². The number of hydrogen-bond donors (Lipinski definition) is 0. The van der Waals surface area contributed by atoms with E-state index in [2.05, 4.69) is 10.1 Å². The number of non-ortho nitro benzene ring substituents is 1. The van der Waals surface area contributed by atoms with Crippen LogP contribution in [0.15, 0.2) is 58.7 Å². The SMILES string of the molecule is CC(=O)N1N=C(c2ccc([N+](=O)[O-])cc2)Sc2c1nc(-c1ccc(Cl)cc1)n2C(C)=O. The van der Waals surface area contributed by atoms with Gasteiger partial charge in [-0.3, -0.25) is 24.3 Å². The number of hydrogen-bond acceptors (Lipinski definition) is 7. The lowest BCUT2D eigenvalue weighted by Gasteiger charge is -2.21. The highest BCUT2D eigenvalue weighted by atomic mass is 35.5. The fourth-order valence-electron chi connectivity index (χ4n) is 3.02. The van der Waals surface area contributed by atoms with Crippen molar-refractivity contribution in [3.63, 3.8) is 0 Å². The van der Waals surface area contributed by atoms with E-state index in [9.17, 15) is 19.7 Å². The summed E-state index contributed by atoms with van der Waals surface area (Å²) < 4.78 is 1.42. The molecule has 4 rings (SSSR count). The third kappa shape index (κ3) is 3.82. The molecule has 31 heavy (non-hydrogen) atoms. The third-order valence-corrected chi connectivity index (χ3v) is 5.76. The third-order valence-electron chi connectivity index (χ3n) is 4.44. The Labute approximate surface area is 185 Å². The number of anilines is 1. The van der Waals surface area contributed by atoms with Gasteiger partial charge in [-0.2, -0.15) is 10.1 Å². The van der Waals surface area contributed by atoms with Crippen molar-refractivity contribution in [3.8, 4) is 11.4 Å². The normalized spacial score (nSPS) is 12.9. The molecule has 1 aliphatic heterocycles. The van der Waals surface area contributed by atoms with Crippen LogP contribution in [0.2, 0.25) is 5.02 Å². The van der Waals surface area contributed by atoms with Gasteiger partial charge in [-0.25, -0.2) is 4.98 Å². The first-order chi connectivity index (χ1) is 14.8. The molecular weight excluding hydrogens is 442 g/mol. The Bertz CT molecular complexity index is 1250. The van der Waals surface area contributed by atoms with E-state index in [0.717, 1.165) is 16.8 Å². The van der Waals surface area contributed by atoms with E-state index in [1.54, 1.807) is 36.4 Å². The van der Waals surface area contributed by atoms with Crippen LogP contribution in [0.25, 0.3) is 11.4 Å². The highest BCUT2D eigenvalue weighted by Gasteiger charge is 2.32. The molecule has 2 aromatic carbocycles. The van der Waals surface area contributed by atoms with Crippen molar-refractivity contribution in [1.29, 1.82) is 0 Å². The largest absolute Gasteiger partial charge is 0.274 e. The van der Waals surface area contributed by atoms with Gasteiger partial charge in [0.05, 0.1) is 4.92 Å². The summed E-state index contributed by atoms with van der Waals surface area (Å²) in [7, 11) is 0. The van der Waals surface area contributed by atoms with Crippen molar-refractivity contribution in [1.82, 2.24) is 9.55 Å². The molecule has 2 heterocycles. The van der Waals surface area contributed by atoms with Crippen molar-refractivity contribution in [3.05, 3.63) is 69.2 Å². The number of nitro benzene ring substituents is 1. The monoisotopic (exact) mass is 455 g/mol. The van der Waals surface area contributed by atoms with E-state index in [0.29, 0.717) is 32.0 Å². The number of fused-ring (bicyclic) bond motifs is 1. The number of rotatable bonds is 3. The molecule has 0 atom stereocenters. The summed E-state index contributed by atoms with van der Waals surface area (Å²) in [6, 6.07) is 12.6. The molecular formula is C20H14ClN5O4S. The van der Waals surface area contributed by atoms with E-state index < -0.39 is 10.8 Å². The second-order valence-electron chi connectivity index (χ2n) is 6.57. The van der Waals surface area contributed by atoms with Gasteiger partial charge in [-0.1, -0.05) is 11.6 Å². The molecule has 0 spiro atoms. The minimum atomic E-state index is -0.497. The second kappa shape index (κ2) is 7.97. The summed E-state index contributed by atoms with van der Waals surface area (Å²) in [5, 5.41) is 17.8. The summed E-state index contributed by atoms with van der Waals surface area (Å²) in [5.74, 6) is -0.0900. The first-order valence-corrected chi connectivity index (χ1v) is 10.2. The Balaban J connectivity index is 1.85. The van der Waals surface area contributed by atoms with E-state index in [-0.39, 0.29) is 17.4 Å². The van der Waals surface area contributed by atoms with Gasteiger partial charge in [0.15, 0.2) is 5.82 Å². The molecule has 0 unspecified atom stereocenters. The lowest BCUT2D eigenvalue weighted by Crippen LogP contribution is -2.28. The topological polar surface area (TPSA) is 111 Å². The number of carbonyl (C=O) groups excluding carboxylic acids is 2. The molecule has 0 saturated carbocycles. The molecule has 1 aliphatic rings. The highest BCUT2D eigenvalue weighted by molar-refractivity contribution is 8.14. The standard InChI is InChI=1S/C20H14ClN5O4S/c1-11(27)24-17(13-3-7-15(21)8-4-13)22-18-20(24)31-19(23-25(18)12(2)28)14-5-9-16(10-6-14)26(29)30/h3-10H,1-2H3. The average Bonchev–Trinajstić information content (AvgIpc) is 3.13. The maximum absolute atomic E-state index is 12.5. The molecule has 0 fully saturated rings. The lowest BCUT2D eigenvalue weighted by molar-refractivity contribution is -0.384. The first kappa shape index (κ1) is 20.8. The van der Waals surface area contributed by atoms with Crippen LogP contribution in [-0.2, 0) is 4.79 Å². The van der Waals surface area contributed by atoms with Crippen LogP contribution in [0, 0.1) is 10.1 Å². The molecule has 3 aromatic rings. The smallest absolute Gasteiger partial charge is 0.269 e. The van der Waals surface area contributed by atoms with E-state index in [1.807, 2.05) is 0 Å². The zero-order chi connectivity index (χ0) is 22.3. The number of benzene rings is 2. The zero-order valence-electron chi connectivity index (χ0n) is 16.3. The average molecular weight is 456 g/mol. The number of carbonyl (C=O) groups is 2. The summed E-state index contributed by atoms with van der Waals surface area (Å²) >= 11 is 7.13. The summed E-state index contributed by atoms with van der Waals surface area (Å²) in [5.41, 5.74) is 1.15. The molecule has 0 saturated heterocycles. The number of amides is 1. The second-order valence-corrected chi connectivity index (χ2v) is 7.98. The quantitative estimate of drug-likeness (QED) is 0.421. The van der Waals surface area contributed by atoms with Crippen LogP contribution in [0.1, 0.15) is 24.2 Å². The Morgan fingerprint density at radius 3 is 2.16 bits per heavy atom. The van der Waals surface area contributed by atoms with Gasteiger partial charge < -0.3 is 0 Å². The molecule has 1 amide bonds. The maximum atomic E-state index is 12.5. The van der Waals surface area contributed by atoms with Gasteiger partial charge in [0.25, 0.3) is 5.69 Å². The number of nitrogens with zero attached hydrogens (tertiary/aromatic N) is 5. The predicted molar refractivity (Wildman–Crippen MR) is 118 cm³/mol. The molecule has 1 aromatic heterocycles. The van der Waals surface area contributed by atoms with Crippen molar-refractivity contribution in [2.24, 2.45) is 5.10 Å². The number of hydrazone groups is 1. The van der Waals surface area contributed by atoms with Gasteiger partial charge >= 0.3 is 0 Å². The Kier molecular flexibility index (Phi) is 5.34. The highest BCUT2D eigenvalue weighted by Crippen LogP contribution is 2.41. The van der Waals surface area contributed by atoms with Crippen molar-refractivity contribution < 1.29 is 14.5 Å². The van der Waals surface area contributed by atoms with Crippen molar-refractivity contribution in [2.75, 3.05) is 5.01 Å². The van der Waals surface area contributed by atoms with E-state index in [1.165, 1.54) is 30.5 Å². The minimum absolute atomic E-state index is 0.0620. The number of imidazole rings is 1. The summed E-state index contributed by atoms with van der Waals surface area (Å²) in [6.45, 7) is 2.74. The summed E-state index contributed by atoms with van der Waals surface area (Å²) in [4.78, 5) is 39.8. The van der Waals surface area contributed by atoms with E-state index >= 15 is 0 Å². The number of nitro groups is 1. The molecule has 156 valence electrons. The van der Waals surface area contributed by atoms with Gasteiger partial charge in [0.2, 0.25) is 11.8 Å². The Morgan fingerprint density at radius 2 is 1.61 bits per heavy atom. The van der Waals surface area contributed by atoms with Gasteiger partial charge in [-0.05, 0) is 48.2 Å². The number of thioether (sulfide) groups is 1. The van der Waals surface area contributed by atoms with Crippen molar-refractivity contribution >= 4 is 51.7 Å². The fraction of sp³-hybridized carbons (Fsp3) is 0.100.